The molecule has 1 nitrogen and oxygen atoms in total. The van der Waals surface area contributed by atoms with E-state index in [1.54, 1.807) is 0 Å². The van der Waals surface area contributed by atoms with Crippen molar-refractivity contribution in [2.45, 2.75) is 32.7 Å². The summed E-state index contributed by atoms with van der Waals surface area (Å²) in [7, 11) is 0. The number of hydrogen-bond donors (Lipinski definition) is 1. The van der Waals surface area contributed by atoms with Gasteiger partial charge in [0, 0.05) is 6.04 Å². The van der Waals surface area contributed by atoms with Gasteiger partial charge >= 0.3 is 0 Å². The van der Waals surface area contributed by atoms with Crippen LogP contribution in [-0.2, 0) is 6.42 Å². The maximum Gasteiger partial charge on any atom is 0.00792 e. The lowest BCUT2D eigenvalue weighted by Crippen LogP contribution is -2.28. The Bertz CT molecular complexity index is 277. The Balaban J connectivity index is 2.21. The molecule has 0 fully saturated rings. The molecule has 0 spiro atoms. The zero-order valence-corrected chi connectivity index (χ0v) is 9.74. The SMILES string of the molecule is C/C=C/CCNC(C)Cc1ccccc1. The van der Waals surface area contributed by atoms with Gasteiger partial charge < -0.3 is 5.32 Å². The first-order valence-electron chi connectivity index (χ1n) is 5.71. The Morgan fingerprint density at radius 3 is 2.67 bits per heavy atom. The fourth-order valence-electron chi connectivity index (χ4n) is 1.62. The van der Waals surface area contributed by atoms with Crippen LogP contribution in [0.1, 0.15) is 25.8 Å². The van der Waals surface area contributed by atoms with Crippen molar-refractivity contribution < 1.29 is 0 Å². The zero-order valence-electron chi connectivity index (χ0n) is 9.74. The summed E-state index contributed by atoms with van der Waals surface area (Å²) in [4.78, 5) is 0. The van der Waals surface area contributed by atoms with Gasteiger partial charge in [0.2, 0.25) is 0 Å². The molecule has 0 aromatic heterocycles. The first kappa shape index (κ1) is 12.0. The fraction of sp³-hybridized carbons (Fsp3) is 0.429. The van der Waals surface area contributed by atoms with Crippen LogP contribution in [0.2, 0.25) is 0 Å². The number of hydrogen-bond acceptors (Lipinski definition) is 1. The highest BCUT2D eigenvalue weighted by Gasteiger charge is 2.00. The maximum absolute atomic E-state index is 3.51. The van der Waals surface area contributed by atoms with E-state index >= 15 is 0 Å². The molecule has 0 saturated heterocycles. The first-order valence-corrected chi connectivity index (χ1v) is 5.71. The molecule has 0 radical (unpaired) electrons. The Labute approximate surface area is 93.2 Å². The van der Waals surface area contributed by atoms with E-state index in [2.05, 4.69) is 61.6 Å². The Kier molecular flexibility index (Phi) is 5.79. The first-order chi connectivity index (χ1) is 7.33. The fourth-order valence-corrected chi connectivity index (χ4v) is 1.62. The number of rotatable bonds is 6. The van der Waals surface area contributed by atoms with Crippen molar-refractivity contribution in [3.8, 4) is 0 Å². The predicted octanol–water partition coefficient (Wildman–Crippen LogP) is 3.17. The standard InChI is InChI=1S/C14H21N/c1-3-4-8-11-15-13(2)12-14-9-6-5-7-10-14/h3-7,9-10,13,15H,8,11-12H2,1-2H3/b4-3+. The van der Waals surface area contributed by atoms with E-state index in [9.17, 15) is 0 Å². The van der Waals surface area contributed by atoms with Crippen LogP contribution < -0.4 is 5.32 Å². The number of benzene rings is 1. The number of allylic oxidation sites excluding steroid dienone is 1. The molecule has 0 heterocycles. The summed E-state index contributed by atoms with van der Waals surface area (Å²) in [6.45, 7) is 5.37. The van der Waals surface area contributed by atoms with Crippen molar-refractivity contribution in [3.05, 3.63) is 48.0 Å². The van der Waals surface area contributed by atoms with Crippen molar-refractivity contribution >= 4 is 0 Å². The van der Waals surface area contributed by atoms with Gasteiger partial charge in [0.25, 0.3) is 0 Å². The minimum Gasteiger partial charge on any atom is -0.314 e. The summed E-state index contributed by atoms with van der Waals surface area (Å²) >= 11 is 0. The lowest BCUT2D eigenvalue weighted by atomic mass is 10.1. The minimum atomic E-state index is 0.553. The molecule has 0 aliphatic heterocycles. The molecular formula is C14H21N. The molecule has 0 aliphatic carbocycles. The van der Waals surface area contributed by atoms with Crippen molar-refractivity contribution in [1.29, 1.82) is 0 Å². The van der Waals surface area contributed by atoms with E-state index in [4.69, 9.17) is 0 Å². The molecule has 1 unspecified atom stereocenters. The quantitative estimate of drug-likeness (QED) is 0.553. The largest absolute Gasteiger partial charge is 0.314 e. The Morgan fingerprint density at radius 2 is 2.00 bits per heavy atom. The van der Waals surface area contributed by atoms with Gasteiger partial charge in [-0.2, -0.15) is 0 Å². The van der Waals surface area contributed by atoms with Gasteiger partial charge in [0.15, 0.2) is 0 Å². The molecular weight excluding hydrogens is 182 g/mol. The van der Waals surface area contributed by atoms with Gasteiger partial charge in [-0.15, -0.1) is 0 Å². The molecule has 1 N–H and O–H groups in total. The van der Waals surface area contributed by atoms with E-state index in [-0.39, 0.29) is 0 Å². The molecule has 0 bridgehead atoms. The van der Waals surface area contributed by atoms with Gasteiger partial charge in [-0.1, -0.05) is 42.5 Å². The van der Waals surface area contributed by atoms with E-state index in [0.717, 1.165) is 19.4 Å². The van der Waals surface area contributed by atoms with Crippen LogP contribution in [0.4, 0.5) is 0 Å². The van der Waals surface area contributed by atoms with Crippen LogP contribution in [0.3, 0.4) is 0 Å². The molecule has 82 valence electrons. The third kappa shape index (κ3) is 5.38. The van der Waals surface area contributed by atoms with E-state index < -0.39 is 0 Å². The second-order valence-corrected chi connectivity index (χ2v) is 3.90. The topological polar surface area (TPSA) is 12.0 Å². The van der Waals surface area contributed by atoms with Crippen LogP contribution in [0, 0.1) is 0 Å². The Morgan fingerprint density at radius 1 is 1.27 bits per heavy atom. The van der Waals surface area contributed by atoms with Crippen molar-refractivity contribution in [1.82, 2.24) is 5.32 Å². The van der Waals surface area contributed by atoms with E-state index in [1.807, 2.05) is 0 Å². The van der Waals surface area contributed by atoms with Crippen LogP contribution in [0.25, 0.3) is 0 Å². The molecule has 0 aliphatic rings. The van der Waals surface area contributed by atoms with Gasteiger partial charge in [0.1, 0.15) is 0 Å². The summed E-state index contributed by atoms with van der Waals surface area (Å²) in [6.07, 6.45) is 6.53. The van der Waals surface area contributed by atoms with Gasteiger partial charge in [-0.25, -0.2) is 0 Å². The van der Waals surface area contributed by atoms with Gasteiger partial charge in [-0.05, 0) is 38.8 Å². The lowest BCUT2D eigenvalue weighted by Gasteiger charge is -2.12. The molecule has 1 rings (SSSR count). The highest BCUT2D eigenvalue weighted by atomic mass is 14.9. The third-order valence-corrected chi connectivity index (χ3v) is 2.42. The molecule has 15 heavy (non-hydrogen) atoms. The van der Waals surface area contributed by atoms with Crippen LogP contribution in [-0.4, -0.2) is 12.6 Å². The predicted molar refractivity (Wildman–Crippen MR) is 67.0 cm³/mol. The Hall–Kier alpha value is -1.08. The summed E-state index contributed by atoms with van der Waals surface area (Å²) < 4.78 is 0. The molecule has 0 amide bonds. The summed E-state index contributed by atoms with van der Waals surface area (Å²) in [5.74, 6) is 0. The van der Waals surface area contributed by atoms with Crippen LogP contribution >= 0.6 is 0 Å². The normalized spacial score (nSPS) is 13.2. The molecule has 0 saturated carbocycles. The average Bonchev–Trinajstić information content (AvgIpc) is 2.26. The summed E-state index contributed by atoms with van der Waals surface area (Å²) in [5.41, 5.74) is 1.41. The summed E-state index contributed by atoms with van der Waals surface area (Å²) in [6, 6.07) is 11.2. The minimum absolute atomic E-state index is 0.553. The van der Waals surface area contributed by atoms with E-state index in [0.29, 0.717) is 6.04 Å². The third-order valence-electron chi connectivity index (χ3n) is 2.42. The maximum atomic E-state index is 3.51. The van der Waals surface area contributed by atoms with E-state index in [1.165, 1.54) is 5.56 Å². The molecule has 1 heteroatoms. The summed E-state index contributed by atoms with van der Waals surface area (Å²) in [5, 5.41) is 3.51. The van der Waals surface area contributed by atoms with Crippen molar-refractivity contribution in [2.75, 3.05) is 6.54 Å². The highest BCUT2D eigenvalue weighted by Crippen LogP contribution is 2.02. The van der Waals surface area contributed by atoms with Crippen LogP contribution in [0.15, 0.2) is 42.5 Å². The van der Waals surface area contributed by atoms with Crippen molar-refractivity contribution in [3.63, 3.8) is 0 Å². The second kappa shape index (κ2) is 7.24. The van der Waals surface area contributed by atoms with Crippen molar-refractivity contribution in [2.24, 2.45) is 0 Å². The smallest absolute Gasteiger partial charge is 0.00792 e. The highest BCUT2D eigenvalue weighted by molar-refractivity contribution is 5.15. The van der Waals surface area contributed by atoms with Crippen LogP contribution in [0.5, 0.6) is 0 Å². The molecule has 1 atom stereocenters. The zero-order chi connectivity index (χ0) is 10.9. The second-order valence-electron chi connectivity index (χ2n) is 3.90. The average molecular weight is 203 g/mol. The van der Waals surface area contributed by atoms with Gasteiger partial charge in [-0.3, -0.25) is 0 Å². The molecule has 1 aromatic carbocycles. The molecule has 1 aromatic rings. The number of nitrogens with one attached hydrogen (secondary N) is 1. The lowest BCUT2D eigenvalue weighted by molar-refractivity contribution is 0.552. The van der Waals surface area contributed by atoms with Gasteiger partial charge in [0.05, 0.1) is 0 Å². The monoisotopic (exact) mass is 203 g/mol.